The van der Waals surface area contributed by atoms with Gasteiger partial charge in [-0.15, -0.1) is 0 Å². The summed E-state index contributed by atoms with van der Waals surface area (Å²) in [6.45, 7) is 3.83. The zero-order valence-corrected chi connectivity index (χ0v) is 9.82. The van der Waals surface area contributed by atoms with E-state index in [4.69, 9.17) is 16.3 Å². The normalized spacial score (nSPS) is 10.2. The van der Waals surface area contributed by atoms with Crippen molar-refractivity contribution in [3.63, 3.8) is 0 Å². The van der Waals surface area contributed by atoms with Crippen LogP contribution in [-0.4, -0.2) is 9.97 Å². The summed E-state index contributed by atoms with van der Waals surface area (Å²) in [5.74, 6) is 1.17. The molecule has 2 aromatic heterocycles. The van der Waals surface area contributed by atoms with Crippen molar-refractivity contribution < 1.29 is 4.74 Å². The number of hydrogen-bond donors (Lipinski definition) is 0. The van der Waals surface area contributed by atoms with Gasteiger partial charge in [0.15, 0.2) is 5.75 Å². The Bertz CT molecular complexity index is 514. The van der Waals surface area contributed by atoms with Crippen molar-refractivity contribution in [3.05, 3.63) is 46.9 Å². The largest absolute Gasteiger partial charge is 0.437 e. The molecule has 82 valence electrons. The Hall–Kier alpha value is -1.61. The number of rotatable bonds is 2. The van der Waals surface area contributed by atoms with Crippen molar-refractivity contribution in [2.75, 3.05) is 0 Å². The topological polar surface area (TPSA) is 35.0 Å². The number of nitrogens with zero attached hydrogens (tertiary/aromatic N) is 2. The van der Waals surface area contributed by atoms with E-state index >= 15 is 0 Å². The van der Waals surface area contributed by atoms with Crippen molar-refractivity contribution in [2.24, 2.45) is 0 Å². The Balaban J connectivity index is 2.27. The Kier molecular flexibility index (Phi) is 3.06. The fraction of sp³-hybridized carbons (Fsp3) is 0.167. The fourth-order valence-corrected chi connectivity index (χ4v) is 1.49. The molecule has 0 bridgehead atoms. The molecule has 2 rings (SSSR count). The number of halogens is 1. The third-order valence-electron chi connectivity index (χ3n) is 2.09. The van der Waals surface area contributed by atoms with Crippen molar-refractivity contribution >= 4 is 11.6 Å². The molecule has 2 aromatic rings. The molecular weight excluding hydrogens is 224 g/mol. The van der Waals surface area contributed by atoms with Gasteiger partial charge in [-0.1, -0.05) is 11.6 Å². The lowest BCUT2D eigenvalue weighted by Gasteiger charge is -2.07. The summed E-state index contributed by atoms with van der Waals surface area (Å²) in [6.07, 6.45) is 1.61. The van der Waals surface area contributed by atoms with Gasteiger partial charge in [0.2, 0.25) is 5.88 Å². The van der Waals surface area contributed by atoms with Crippen LogP contribution in [0.4, 0.5) is 0 Å². The molecule has 0 spiro atoms. The number of hydrogen-bond acceptors (Lipinski definition) is 3. The van der Waals surface area contributed by atoms with E-state index in [0.29, 0.717) is 16.7 Å². The number of aromatic nitrogens is 2. The van der Waals surface area contributed by atoms with E-state index in [1.54, 1.807) is 18.3 Å². The maximum atomic E-state index is 5.84. The first kappa shape index (κ1) is 10.9. The first-order chi connectivity index (χ1) is 7.65. The highest BCUT2D eigenvalue weighted by Gasteiger charge is 2.03. The molecule has 0 aliphatic carbocycles. The van der Waals surface area contributed by atoms with E-state index in [9.17, 15) is 0 Å². The van der Waals surface area contributed by atoms with Crippen LogP contribution in [0.3, 0.4) is 0 Å². The van der Waals surface area contributed by atoms with Gasteiger partial charge in [0.1, 0.15) is 0 Å². The predicted molar refractivity (Wildman–Crippen MR) is 63.0 cm³/mol. The Labute approximate surface area is 99.1 Å². The molecule has 3 nitrogen and oxygen atoms in total. The zero-order valence-electron chi connectivity index (χ0n) is 9.07. The molecule has 0 aliphatic rings. The second kappa shape index (κ2) is 4.49. The van der Waals surface area contributed by atoms with Gasteiger partial charge in [-0.2, -0.15) is 0 Å². The van der Waals surface area contributed by atoms with Crippen molar-refractivity contribution in [1.82, 2.24) is 9.97 Å². The summed E-state index contributed by atoms with van der Waals surface area (Å²) in [5, 5.41) is 0.600. The molecule has 0 radical (unpaired) electrons. The van der Waals surface area contributed by atoms with E-state index in [1.807, 2.05) is 26.0 Å². The fourth-order valence-electron chi connectivity index (χ4n) is 1.34. The van der Waals surface area contributed by atoms with Crippen LogP contribution in [0.5, 0.6) is 11.6 Å². The minimum atomic E-state index is 0.473. The Morgan fingerprint density at radius 2 is 2.00 bits per heavy atom. The molecule has 0 amide bonds. The molecule has 0 unspecified atom stereocenters. The summed E-state index contributed by atoms with van der Waals surface area (Å²) in [6, 6.07) is 7.14. The lowest BCUT2D eigenvalue weighted by atomic mass is 10.3. The molecular formula is C12H11ClN2O. The summed E-state index contributed by atoms with van der Waals surface area (Å²) in [5.41, 5.74) is 1.80. The second-order valence-corrected chi connectivity index (χ2v) is 3.89. The van der Waals surface area contributed by atoms with Crippen LogP contribution < -0.4 is 4.74 Å². The molecule has 0 fully saturated rings. The molecule has 0 aliphatic heterocycles. The van der Waals surface area contributed by atoms with E-state index in [2.05, 4.69) is 9.97 Å². The highest BCUT2D eigenvalue weighted by molar-refractivity contribution is 6.30. The number of pyridine rings is 2. The number of aryl methyl sites for hydroxylation is 2. The van der Waals surface area contributed by atoms with Crippen molar-refractivity contribution in [1.29, 1.82) is 0 Å². The monoisotopic (exact) mass is 234 g/mol. The SMILES string of the molecule is Cc1ccc(Oc2cc(Cl)ccn2)c(C)n1. The first-order valence-corrected chi connectivity index (χ1v) is 5.26. The Morgan fingerprint density at radius 3 is 2.69 bits per heavy atom. The highest BCUT2D eigenvalue weighted by atomic mass is 35.5. The van der Waals surface area contributed by atoms with Crippen LogP contribution in [0.1, 0.15) is 11.4 Å². The van der Waals surface area contributed by atoms with Crippen LogP contribution >= 0.6 is 11.6 Å². The quantitative estimate of drug-likeness (QED) is 0.797. The summed E-state index contributed by atoms with van der Waals surface area (Å²) in [4.78, 5) is 8.37. The molecule has 0 N–H and O–H groups in total. The third-order valence-corrected chi connectivity index (χ3v) is 2.32. The van der Waals surface area contributed by atoms with Gasteiger partial charge in [-0.25, -0.2) is 4.98 Å². The lowest BCUT2D eigenvalue weighted by molar-refractivity contribution is 0.456. The van der Waals surface area contributed by atoms with Gasteiger partial charge < -0.3 is 4.74 Å². The number of ether oxygens (including phenoxy) is 1. The van der Waals surface area contributed by atoms with Gasteiger partial charge >= 0.3 is 0 Å². The third kappa shape index (κ3) is 2.49. The average Bonchev–Trinajstić information content (AvgIpc) is 2.22. The van der Waals surface area contributed by atoms with Gasteiger partial charge in [0.05, 0.1) is 5.69 Å². The highest BCUT2D eigenvalue weighted by Crippen LogP contribution is 2.23. The van der Waals surface area contributed by atoms with E-state index < -0.39 is 0 Å². The zero-order chi connectivity index (χ0) is 11.5. The maximum Gasteiger partial charge on any atom is 0.220 e. The molecule has 16 heavy (non-hydrogen) atoms. The van der Waals surface area contributed by atoms with Gasteiger partial charge in [-0.05, 0) is 32.0 Å². The summed E-state index contributed by atoms with van der Waals surface area (Å²) >= 11 is 5.84. The van der Waals surface area contributed by atoms with Gasteiger partial charge in [0.25, 0.3) is 0 Å². The van der Waals surface area contributed by atoms with E-state index in [0.717, 1.165) is 11.4 Å². The van der Waals surface area contributed by atoms with Crippen molar-refractivity contribution in [2.45, 2.75) is 13.8 Å². The van der Waals surface area contributed by atoms with Gasteiger partial charge in [-0.3, -0.25) is 4.98 Å². The van der Waals surface area contributed by atoms with Crippen LogP contribution in [0.2, 0.25) is 5.02 Å². The van der Waals surface area contributed by atoms with Crippen LogP contribution in [0.15, 0.2) is 30.5 Å². The van der Waals surface area contributed by atoms with E-state index in [-0.39, 0.29) is 0 Å². The molecule has 0 saturated carbocycles. The molecule has 0 atom stereocenters. The predicted octanol–water partition coefficient (Wildman–Crippen LogP) is 3.54. The minimum Gasteiger partial charge on any atom is -0.437 e. The maximum absolute atomic E-state index is 5.84. The molecule has 4 heteroatoms. The van der Waals surface area contributed by atoms with Crippen molar-refractivity contribution in [3.8, 4) is 11.6 Å². The minimum absolute atomic E-state index is 0.473. The Morgan fingerprint density at radius 1 is 1.19 bits per heavy atom. The smallest absolute Gasteiger partial charge is 0.220 e. The molecule has 0 aromatic carbocycles. The molecule has 2 heterocycles. The van der Waals surface area contributed by atoms with Crippen LogP contribution in [0, 0.1) is 13.8 Å². The average molecular weight is 235 g/mol. The first-order valence-electron chi connectivity index (χ1n) is 4.89. The van der Waals surface area contributed by atoms with E-state index in [1.165, 1.54) is 0 Å². The summed E-state index contributed by atoms with van der Waals surface area (Å²) in [7, 11) is 0. The molecule has 0 saturated heterocycles. The second-order valence-electron chi connectivity index (χ2n) is 3.45. The van der Waals surface area contributed by atoms with Crippen LogP contribution in [0.25, 0.3) is 0 Å². The van der Waals surface area contributed by atoms with Crippen LogP contribution in [-0.2, 0) is 0 Å². The standard InChI is InChI=1S/C12H11ClN2O/c1-8-3-4-11(9(2)15-8)16-12-7-10(13)5-6-14-12/h3-7H,1-2H3. The summed E-state index contributed by atoms with van der Waals surface area (Å²) < 4.78 is 5.59. The van der Waals surface area contributed by atoms with Gasteiger partial charge in [0, 0.05) is 23.0 Å². The lowest BCUT2D eigenvalue weighted by Crippen LogP contribution is -1.93.